The molecule has 166 valence electrons. The van der Waals surface area contributed by atoms with Crippen molar-refractivity contribution in [2.24, 2.45) is 16.3 Å². The molecule has 6 nitrogen and oxygen atoms in total. The molecular formula is C23H35IN4O2. The SMILES string of the molecule is CCNC(=NCc1cc(-c2ccccc2)on1)NCC1CCCOC1C(C)(C)C.I. The lowest BCUT2D eigenvalue weighted by molar-refractivity contribution is -0.0835. The number of rotatable bonds is 6. The summed E-state index contributed by atoms with van der Waals surface area (Å²) in [7, 11) is 0. The van der Waals surface area contributed by atoms with Gasteiger partial charge in [0, 0.05) is 37.2 Å². The molecule has 30 heavy (non-hydrogen) atoms. The van der Waals surface area contributed by atoms with Gasteiger partial charge in [0.2, 0.25) is 0 Å². The lowest BCUT2D eigenvalue weighted by atomic mass is 9.78. The van der Waals surface area contributed by atoms with E-state index in [0.29, 0.717) is 12.5 Å². The fourth-order valence-electron chi connectivity index (χ4n) is 3.86. The lowest BCUT2D eigenvalue weighted by Gasteiger charge is -2.40. The Morgan fingerprint density at radius 1 is 1.20 bits per heavy atom. The third kappa shape index (κ3) is 6.97. The first kappa shape index (κ1) is 24.7. The van der Waals surface area contributed by atoms with Gasteiger partial charge in [0.05, 0.1) is 12.6 Å². The predicted molar refractivity (Wildman–Crippen MR) is 132 cm³/mol. The third-order valence-electron chi connectivity index (χ3n) is 5.19. The number of guanidine groups is 1. The zero-order valence-electron chi connectivity index (χ0n) is 18.5. The molecule has 0 saturated carbocycles. The van der Waals surface area contributed by atoms with Crippen molar-refractivity contribution in [3.63, 3.8) is 0 Å². The van der Waals surface area contributed by atoms with Gasteiger partial charge in [-0.05, 0) is 25.2 Å². The molecule has 1 fully saturated rings. The molecule has 0 aliphatic carbocycles. The summed E-state index contributed by atoms with van der Waals surface area (Å²) in [6, 6.07) is 11.9. The van der Waals surface area contributed by atoms with Crippen LogP contribution >= 0.6 is 24.0 Å². The third-order valence-corrected chi connectivity index (χ3v) is 5.19. The van der Waals surface area contributed by atoms with Gasteiger partial charge in [0.15, 0.2) is 11.7 Å². The number of nitrogens with one attached hydrogen (secondary N) is 2. The Hall–Kier alpha value is -1.61. The Kier molecular flexibility index (Phi) is 9.61. The van der Waals surface area contributed by atoms with Gasteiger partial charge in [-0.25, -0.2) is 4.99 Å². The zero-order valence-corrected chi connectivity index (χ0v) is 20.8. The highest BCUT2D eigenvalue weighted by molar-refractivity contribution is 14.0. The van der Waals surface area contributed by atoms with E-state index in [1.165, 1.54) is 6.42 Å². The van der Waals surface area contributed by atoms with Gasteiger partial charge in [-0.1, -0.05) is 56.3 Å². The zero-order chi connectivity index (χ0) is 20.7. The second kappa shape index (κ2) is 11.7. The Morgan fingerprint density at radius 3 is 2.67 bits per heavy atom. The minimum atomic E-state index is 0. The summed E-state index contributed by atoms with van der Waals surface area (Å²) >= 11 is 0. The second-order valence-electron chi connectivity index (χ2n) is 8.68. The van der Waals surface area contributed by atoms with E-state index in [4.69, 9.17) is 14.3 Å². The molecule has 1 aromatic carbocycles. The van der Waals surface area contributed by atoms with Crippen LogP contribution in [0.2, 0.25) is 0 Å². The predicted octanol–water partition coefficient (Wildman–Crippen LogP) is 4.86. The molecule has 0 radical (unpaired) electrons. The van der Waals surface area contributed by atoms with E-state index >= 15 is 0 Å². The molecule has 2 atom stereocenters. The molecule has 0 amide bonds. The van der Waals surface area contributed by atoms with E-state index in [0.717, 1.165) is 49.1 Å². The van der Waals surface area contributed by atoms with Gasteiger partial charge in [-0.15, -0.1) is 24.0 Å². The van der Waals surface area contributed by atoms with Crippen molar-refractivity contribution < 1.29 is 9.26 Å². The van der Waals surface area contributed by atoms with Crippen molar-refractivity contribution in [2.45, 2.75) is 53.2 Å². The first-order chi connectivity index (χ1) is 14.0. The van der Waals surface area contributed by atoms with Crippen LogP contribution in [0.1, 0.15) is 46.2 Å². The highest BCUT2D eigenvalue weighted by Crippen LogP contribution is 2.33. The average Bonchev–Trinajstić information content (AvgIpc) is 3.19. The number of benzene rings is 1. The number of hydrogen-bond donors (Lipinski definition) is 2. The number of halogens is 1. The molecule has 0 bridgehead atoms. The first-order valence-electron chi connectivity index (χ1n) is 10.6. The van der Waals surface area contributed by atoms with Gasteiger partial charge in [0.1, 0.15) is 5.69 Å². The van der Waals surface area contributed by atoms with Crippen LogP contribution in [-0.4, -0.2) is 36.9 Å². The number of aromatic nitrogens is 1. The topological polar surface area (TPSA) is 71.7 Å². The molecule has 2 heterocycles. The van der Waals surface area contributed by atoms with E-state index in [1.807, 2.05) is 36.4 Å². The molecule has 2 aromatic rings. The van der Waals surface area contributed by atoms with E-state index in [9.17, 15) is 0 Å². The summed E-state index contributed by atoms with van der Waals surface area (Å²) < 4.78 is 11.6. The van der Waals surface area contributed by atoms with E-state index < -0.39 is 0 Å². The van der Waals surface area contributed by atoms with Crippen molar-refractivity contribution in [1.29, 1.82) is 0 Å². The summed E-state index contributed by atoms with van der Waals surface area (Å²) in [5.74, 6) is 2.04. The number of ether oxygens (including phenoxy) is 1. The summed E-state index contributed by atoms with van der Waals surface area (Å²) in [6.45, 7) is 11.8. The van der Waals surface area contributed by atoms with Gasteiger partial charge in [0.25, 0.3) is 0 Å². The van der Waals surface area contributed by atoms with Crippen LogP contribution in [0.25, 0.3) is 11.3 Å². The van der Waals surface area contributed by atoms with Gasteiger partial charge in [-0.3, -0.25) is 0 Å². The fraction of sp³-hybridized carbons (Fsp3) is 0.565. The molecule has 0 spiro atoms. The molecule has 1 saturated heterocycles. The quantitative estimate of drug-likeness (QED) is 0.320. The molecule has 2 N–H and O–H groups in total. The molecule has 1 aliphatic heterocycles. The van der Waals surface area contributed by atoms with E-state index in [-0.39, 0.29) is 35.5 Å². The van der Waals surface area contributed by atoms with E-state index in [2.05, 4.69) is 43.5 Å². The summed E-state index contributed by atoms with van der Waals surface area (Å²) in [4.78, 5) is 4.69. The number of hydrogen-bond acceptors (Lipinski definition) is 4. The Labute approximate surface area is 197 Å². The smallest absolute Gasteiger partial charge is 0.191 e. The lowest BCUT2D eigenvalue weighted by Crippen LogP contribution is -2.47. The van der Waals surface area contributed by atoms with Crippen LogP contribution in [0, 0.1) is 11.3 Å². The normalized spacial score (nSPS) is 19.8. The molecule has 3 rings (SSSR count). The maximum absolute atomic E-state index is 6.10. The van der Waals surface area contributed by atoms with Crippen molar-refractivity contribution >= 4 is 29.9 Å². The number of nitrogens with zero attached hydrogens (tertiary/aromatic N) is 2. The Balaban J connectivity index is 0.00000320. The minimum Gasteiger partial charge on any atom is -0.377 e. The highest BCUT2D eigenvalue weighted by atomic mass is 127. The standard InChI is InChI=1S/C23H34N4O2.HI/c1-5-24-22(25-15-18-12-9-13-28-21(18)23(2,3)4)26-16-19-14-20(29-27-19)17-10-7-6-8-11-17;/h6-8,10-11,14,18,21H,5,9,12-13,15-16H2,1-4H3,(H2,24,25,26);1H. The van der Waals surface area contributed by atoms with Crippen molar-refractivity contribution in [1.82, 2.24) is 15.8 Å². The molecule has 1 aliphatic rings. The molecular weight excluding hydrogens is 491 g/mol. The highest BCUT2D eigenvalue weighted by Gasteiger charge is 2.35. The van der Waals surface area contributed by atoms with Crippen LogP contribution in [0.3, 0.4) is 0 Å². The number of aliphatic imine (C=N–C) groups is 1. The maximum Gasteiger partial charge on any atom is 0.191 e. The fourth-order valence-corrected chi connectivity index (χ4v) is 3.86. The van der Waals surface area contributed by atoms with Crippen LogP contribution in [0.5, 0.6) is 0 Å². The molecule has 2 unspecified atom stereocenters. The van der Waals surface area contributed by atoms with Crippen molar-refractivity contribution in [2.75, 3.05) is 19.7 Å². The van der Waals surface area contributed by atoms with Crippen molar-refractivity contribution in [3.05, 3.63) is 42.1 Å². The molecule has 1 aromatic heterocycles. The average molecular weight is 526 g/mol. The Bertz CT molecular complexity index is 786. The summed E-state index contributed by atoms with van der Waals surface area (Å²) in [5.41, 5.74) is 1.97. The minimum absolute atomic E-state index is 0. The molecule has 7 heteroatoms. The van der Waals surface area contributed by atoms with Crippen LogP contribution in [-0.2, 0) is 11.3 Å². The Morgan fingerprint density at radius 2 is 1.97 bits per heavy atom. The monoisotopic (exact) mass is 526 g/mol. The van der Waals surface area contributed by atoms with Crippen molar-refractivity contribution in [3.8, 4) is 11.3 Å². The second-order valence-corrected chi connectivity index (χ2v) is 8.68. The van der Waals surface area contributed by atoms with Crippen LogP contribution in [0.15, 0.2) is 45.9 Å². The van der Waals surface area contributed by atoms with Crippen LogP contribution < -0.4 is 10.6 Å². The maximum atomic E-state index is 6.10. The van der Waals surface area contributed by atoms with E-state index in [1.54, 1.807) is 0 Å². The van der Waals surface area contributed by atoms with Gasteiger partial charge >= 0.3 is 0 Å². The summed E-state index contributed by atoms with van der Waals surface area (Å²) in [6.07, 6.45) is 2.56. The summed E-state index contributed by atoms with van der Waals surface area (Å²) in [5, 5.41) is 11.0. The van der Waals surface area contributed by atoms with Gasteiger partial charge < -0.3 is 19.9 Å². The largest absolute Gasteiger partial charge is 0.377 e. The van der Waals surface area contributed by atoms with Crippen LogP contribution in [0.4, 0.5) is 0 Å². The van der Waals surface area contributed by atoms with Gasteiger partial charge in [-0.2, -0.15) is 0 Å². The first-order valence-corrected chi connectivity index (χ1v) is 10.6.